The van der Waals surface area contributed by atoms with Crippen LogP contribution in [0.1, 0.15) is 16.1 Å². The van der Waals surface area contributed by atoms with Gasteiger partial charge < -0.3 is 20.9 Å². The number of aryl methyl sites for hydroxylation is 1. The van der Waals surface area contributed by atoms with Crippen LogP contribution >= 0.6 is 0 Å². The molecule has 1 aliphatic heterocycles. The monoisotopic (exact) mass is 417 g/mol. The van der Waals surface area contributed by atoms with E-state index in [9.17, 15) is 4.79 Å². The average molecular weight is 417 g/mol. The fraction of sp³-hybridized carbons (Fsp3) is 0.190. The molecule has 1 fully saturated rings. The predicted molar refractivity (Wildman–Crippen MR) is 113 cm³/mol. The minimum atomic E-state index is -0.727. The van der Waals surface area contributed by atoms with Crippen LogP contribution in [0.4, 0.5) is 5.69 Å². The highest BCUT2D eigenvalue weighted by Crippen LogP contribution is 2.37. The molecule has 1 amide bonds. The smallest absolute Gasteiger partial charge is 0.317 e. The molecule has 4 aromatic rings. The van der Waals surface area contributed by atoms with E-state index in [0.29, 0.717) is 30.2 Å². The number of amides is 1. The number of hydrogen-bond donors (Lipinski definition) is 3. The molecular formula is C21H19N7O3. The number of nitrogens with one attached hydrogen (secondary N) is 1. The van der Waals surface area contributed by atoms with E-state index in [1.165, 1.54) is 0 Å². The maximum absolute atomic E-state index is 12.1. The summed E-state index contributed by atoms with van der Waals surface area (Å²) in [6.07, 6.45) is 3.21. The molecular weight excluding hydrogens is 398 g/mol. The van der Waals surface area contributed by atoms with Gasteiger partial charge in [0.2, 0.25) is 0 Å². The first-order valence-corrected chi connectivity index (χ1v) is 9.62. The number of anilines is 1. The number of hydrogen-bond acceptors (Lipinski definition) is 8. The van der Waals surface area contributed by atoms with Crippen molar-refractivity contribution in [3.63, 3.8) is 0 Å². The minimum Gasteiger partial charge on any atom is -0.455 e. The first kappa shape index (κ1) is 18.9. The Kier molecular flexibility index (Phi) is 4.48. The highest BCUT2D eigenvalue weighted by atomic mass is 16.6. The van der Waals surface area contributed by atoms with E-state index in [1.54, 1.807) is 24.5 Å². The van der Waals surface area contributed by atoms with Crippen molar-refractivity contribution in [2.24, 2.45) is 5.73 Å². The molecule has 156 valence electrons. The molecule has 10 nitrogen and oxygen atoms in total. The van der Waals surface area contributed by atoms with E-state index in [1.807, 2.05) is 19.1 Å². The number of nitrogens with two attached hydrogens (primary N) is 2. The maximum atomic E-state index is 12.1. The number of aromatic nitrogens is 5. The van der Waals surface area contributed by atoms with E-state index >= 15 is 0 Å². The molecule has 0 unspecified atom stereocenters. The molecule has 1 aromatic carbocycles. The van der Waals surface area contributed by atoms with Gasteiger partial charge in [0.25, 0.3) is 5.91 Å². The standard InChI is InChI=1S/C21H19N7O3/c1-10-2-3-14-13(7-25-28-14)17(10)12-6-16(26-19(18(12)22)20(23)29)15-4-5-24-21(27-15)31-11-8-30-9-11/h2-7,11H,8-9,22H2,1H3,(H2,23,29)(H,25,28). The number of primary amides is 1. The van der Waals surface area contributed by atoms with Crippen LogP contribution in [-0.2, 0) is 4.74 Å². The summed E-state index contributed by atoms with van der Waals surface area (Å²) in [5.74, 6) is -0.727. The van der Waals surface area contributed by atoms with Crippen molar-refractivity contribution < 1.29 is 14.3 Å². The lowest BCUT2D eigenvalue weighted by atomic mass is 9.94. The zero-order valence-electron chi connectivity index (χ0n) is 16.6. The average Bonchev–Trinajstić information content (AvgIpc) is 3.20. The molecule has 0 saturated carbocycles. The van der Waals surface area contributed by atoms with Crippen molar-refractivity contribution in [1.29, 1.82) is 0 Å². The number of H-pyrrole nitrogens is 1. The topological polar surface area (TPSA) is 155 Å². The molecule has 0 spiro atoms. The minimum absolute atomic E-state index is 0.0270. The third kappa shape index (κ3) is 3.32. The Labute approximate surface area is 176 Å². The SMILES string of the molecule is Cc1ccc2[nH]ncc2c1-c1cc(-c2ccnc(OC3COC3)n2)nc(C(N)=O)c1N. The molecule has 0 radical (unpaired) electrons. The summed E-state index contributed by atoms with van der Waals surface area (Å²) in [7, 11) is 0. The van der Waals surface area contributed by atoms with Crippen LogP contribution in [0.5, 0.6) is 6.01 Å². The maximum Gasteiger partial charge on any atom is 0.317 e. The number of rotatable bonds is 5. The Morgan fingerprint density at radius 2 is 2.06 bits per heavy atom. The van der Waals surface area contributed by atoms with Crippen LogP contribution < -0.4 is 16.2 Å². The van der Waals surface area contributed by atoms with Crippen LogP contribution in [0, 0.1) is 6.92 Å². The van der Waals surface area contributed by atoms with Gasteiger partial charge in [-0.25, -0.2) is 9.97 Å². The summed E-state index contributed by atoms with van der Waals surface area (Å²) in [5.41, 5.74) is 16.3. The molecule has 3 aromatic heterocycles. The lowest BCUT2D eigenvalue weighted by Crippen LogP contribution is -2.39. The second-order valence-electron chi connectivity index (χ2n) is 7.27. The number of carbonyl (C=O) groups excluding carboxylic acids is 1. The van der Waals surface area contributed by atoms with Crippen molar-refractivity contribution in [1.82, 2.24) is 25.1 Å². The Hall–Kier alpha value is -4.05. The lowest BCUT2D eigenvalue weighted by Gasteiger charge is -2.25. The normalized spacial score (nSPS) is 13.8. The van der Waals surface area contributed by atoms with E-state index in [2.05, 4.69) is 25.1 Å². The third-order valence-corrected chi connectivity index (χ3v) is 5.17. The number of pyridine rings is 1. The largest absolute Gasteiger partial charge is 0.455 e. The van der Waals surface area contributed by atoms with Crippen LogP contribution in [0.2, 0.25) is 0 Å². The van der Waals surface area contributed by atoms with E-state index in [-0.39, 0.29) is 23.5 Å². The first-order chi connectivity index (χ1) is 15.0. The number of carbonyl (C=O) groups is 1. The van der Waals surface area contributed by atoms with Gasteiger partial charge in [0.15, 0.2) is 5.69 Å². The van der Waals surface area contributed by atoms with Gasteiger partial charge in [-0.05, 0) is 36.2 Å². The molecule has 1 aliphatic rings. The van der Waals surface area contributed by atoms with Crippen LogP contribution in [-0.4, -0.2) is 50.4 Å². The summed E-state index contributed by atoms with van der Waals surface area (Å²) in [4.78, 5) is 25.1. The summed E-state index contributed by atoms with van der Waals surface area (Å²) >= 11 is 0. The van der Waals surface area contributed by atoms with Crippen molar-refractivity contribution >= 4 is 22.5 Å². The lowest BCUT2D eigenvalue weighted by molar-refractivity contribution is -0.0830. The molecule has 0 aliphatic carbocycles. The number of ether oxygens (including phenoxy) is 2. The van der Waals surface area contributed by atoms with Gasteiger partial charge >= 0.3 is 6.01 Å². The Bertz CT molecular complexity index is 1310. The van der Waals surface area contributed by atoms with Gasteiger partial charge in [0.1, 0.15) is 6.10 Å². The van der Waals surface area contributed by atoms with Gasteiger partial charge in [-0.3, -0.25) is 9.89 Å². The highest BCUT2D eigenvalue weighted by Gasteiger charge is 2.23. The molecule has 31 heavy (non-hydrogen) atoms. The van der Waals surface area contributed by atoms with Gasteiger partial charge in [0, 0.05) is 17.1 Å². The van der Waals surface area contributed by atoms with Crippen LogP contribution in [0.3, 0.4) is 0 Å². The Morgan fingerprint density at radius 1 is 1.23 bits per heavy atom. The van der Waals surface area contributed by atoms with Crippen molar-refractivity contribution in [3.8, 4) is 28.5 Å². The van der Waals surface area contributed by atoms with Gasteiger partial charge in [-0.15, -0.1) is 0 Å². The molecule has 0 atom stereocenters. The highest BCUT2D eigenvalue weighted by molar-refractivity contribution is 6.05. The van der Waals surface area contributed by atoms with Gasteiger partial charge in [-0.1, -0.05) is 6.07 Å². The molecule has 1 saturated heterocycles. The molecule has 0 bridgehead atoms. The quantitative estimate of drug-likeness (QED) is 0.444. The summed E-state index contributed by atoms with van der Waals surface area (Å²) in [5, 5.41) is 7.95. The number of aromatic amines is 1. The van der Waals surface area contributed by atoms with Crippen molar-refractivity contribution in [3.05, 3.63) is 47.9 Å². The molecule has 4 heterocycles. The van der Waals surface area contributed by atoms with Crippen LogP contribution in [0.15, 0.2) is 36.7 Å². The van der Waals surface area contributed by atoms with Crippen molar-refractivity contribution in [2.45, 2.75) is 13.0 Å². The Balaban J connectivity index is 1.69. The second kappa shape index (κ2) is 7.33. The number of nitrogen functional groups attached to an aromatic ring is 1. The van der Waals surface area contributed by atoms with E-state index < -0.39 is 5.91 Å². The zero-order valence-corrected chi connectivity index (χ0v) is 16.6. The molecule has 5 rings (SSSR count). The van der Waals surface area contributed by atoms with Gasteiger partial charge in [-0.2, -0.15) is 10.1 Å². The number of benzene rings is 1. The number of fused-ring (bicyclic) bond motifs is 1. The fourth-order valence-corrected chi connectivity index (χ4v) is 3.54. The fourth-order valence-electron chi connectivity index (χ4n) is 3.54. The molecule has 5 N–H and O–H groups in total. The summed E-state index contributed by atoms with van der Waals surface area (Å²) in [6, 6.07) is 7.57. The molecule has 10 heteroatoms. The van der Waals surface area contributed by atoms with Crippen molar-refractivity contribution in [2.75, 3.05) is 18.9 Å². The summed E-state index contributed by atoms with van der Waals surface area (Å²) < 4.78 is 10.8. The van der Waals surface area contributed by atoms with E-state index in [0.717, 1.165) is 22.0 Å². The predicted octanol–water partition coefficient (Wildman–Crippen LogP) is 1.85. The second-order valence-corrected chi connectivity index (χ2v) is 7.27. The number of nitrogens with zero attached hydrogens (tertiary/aromatic N) is 4. The summed E-state index contributed by atoms with van der Waals surface area (Å²) in [6.45, 7) is 2.96. The van der Waals surface area contributed by atoms with Gasteiger partial charge in [0.05, 0.1) is 42.0 Å². The third-order valence-electron chi connectivity index (χ3n) is 5.17. The zero-order chi connectivity index (χ0) is 21.5. The first-order valence-electron chi connectivity index (χ1n) is 9.62. The Morgan fingerprint density at radius 3 is 2.81 bits per heavy atom. The van der Waals surface area contributed by atoms with E-state index in [4.69, 9.17) is 20.9 Å². The van der Waals surface area contributed by atoms with Crippen LogP contribution in [0.25, 0.3) is 33.4 Å².